The zero-order valence-electron chi connectivity index (χ0n) is 14.1. The molecule has 1 atom stereocenters. The summed E-state index contributed by atoms with van der Waals surface area (Å²) in [6.45, 7) is 0.295. The maximum Gasteiger partial charge on any atom is 0.311 e. The van der Waals surface area contributed by atoms with E-state index in [0.717, 1.165) is 5.56 Å². The SMILES string of the molecule is O=C(COC(=O)[C@H]1CC(=O)N(Cc2ccccc2)C1)c1ccc(F)cc1. The van der Waals surface area contributed by atoms with Crippen LogP contribution in [0.5, 0.6) is 0 Å². The van der Waals surface area contributed by atoms with Crippen LogP contribution < -0.4 is 0 Å². The Kier molecular flexibility index (Phi) is 5.41. The van der Waals surface area contributed by atoms with Crippen LogP contribution in [0.2, 0.25) is 0 Å². The van der Waals surface area contributed by atoms with Gasteiger partial charge in [-0.2, -0.15) is 0 Å². The Bertz CT molecular complexity index is 804. The molecule has 26 heavy (non-hydrogen) atoms. The molecule has 1 fully saturated rings. The minimum Gasteiger partial charge on any atom is -0.457 e. The van der Waals surface area contributed by atoms with E-state index < -0.39 is 30.1 Å². The third-order valence-electron chi connectivity index (χ3n) is 4.28. The number of Topliss-reactive ketones (excluding diaryl/α,β-unsaturated/α-hetero) is 1. The minimum absolute atomic E-state index is 0.0798. The van der Waals surface area contributed by atoms with Crippen LogP contribution in [0.25, 0.3) is 0 Å². The topological polar surface area (TPSA) is 63.7 Å². The van der Waals surface area contributed by atoms with Gasteiger partial charge in [0.05, 0.1) is 5.92 Å². The molecule has 134 valence electrons. The van der Waals surface area contributed by atoms with Crippen molar-refractivity contribution in [1.29, 1.82) is 0 Å². The molecule has 6 heteroatoms. The lowest BCUT2D eigenvalue weighted by molar-refractivity contribution is -0.147. The summed E-state index contributed by atoms with van der Waals surface area (Å²) in [4.78, 5) is 37.8. The van der Waals surface area contributed by atoms with Gasteiger partial charge in [-0.05, 0) is 29.8 Å². The van der Waals surface area contributed by atoms with Crippen molar-refractivity contribution < 1.29 is 23.5 Å². The zero-order valence-corrected chi connectivity index (χ0v) is 14.1. The number of esters is 1. The van der Waals surface area contributed by atoms with E-state index >= 15 is 0 Å². The zero-order chi connectivity index (χ0) is 18.5. The van der Waals surface area contributed by atoms with Crippen LogP contribution in [-0.4, -0.2) is 35.7 Å². The van der Waals surface area contributed by atoms with Gasteiger partial charge in [-0.3, -0.25) is 14.4 Å². The first-order valence-corrected chi connectivity index (χ1v) is 8.30. The third-order valence-corrected chi connectivity index (χ3v) is 4.28. The first-order valence-electron chi connectivity index (χ1n) is 8.30. The highest BCUT2D eigenvalue weighted by atomic mass is 19.1. The van der Waals surface area contributed by atoms with Crippen LogP contribution in [0, 0.1) is 11.7 Å². The fourth-order valence-corrected chi connectivity index (χ4v) is 2.86. The molecule has 1 saturated heterocycles. The predicted octanol–water partition coefficient (Wildman–Crippen LogP) is 2.60. The summed E-state index contributed by atoms with van der Waals surface area (Å²) < 4.78 is 17.9. The number of carbonyl (C=O) groups is 3. The van der Waals surface area contributed by atoms with Crippen LogP contribution in [0.1, 0.15) is 22.3 Å². The van der Waals surface area contributed by atoms with Gasteiger partial charge in [-0.1, -0.05) is 30.3 Å². The molecule has 1 aliphatic rings. The van der Waals surface area contributed by atoms with E-state index in [2.05, 4.69) is 0 Å². The predicted molar refractivity (Wildman–Crippen MR) is 91.7 cm³/mol. The average Bonchev–Trinajstić information content (AvgIpc) is 3.01. The van der Waals surface area contributed by atoms with Crippen LogP contribution in [0.3, 0.4) is 0 Å². The molecule has 2 aromatic rings. The molecule has 5 nitrogen and oxygen atoms in total. The van der Waals surface area contributed by atoms with Crippen molar-refractivity contribution in [3.8, 4) is 0 Å². The summed E-state index contributed by atoms with van der Waals surface area (Å²) in [5.74, 6) is -2.11. The number of hydrogen-bond acceptors (Lipinski definition) is 4. The largest absolute Gasteiger partial charge is 0.457 e. The molecule has 1 aliphatic heterocycles. The molecule has 3 rings (SSSR count). The van der Waals surface area contributed by atoms with E-state index in [0.29, 0.717) is 6.54 Å². The van der Waals surface area contributed by atoms with E-state index in [1.807, 2.05) is 30.3 Å². The normalized spacial score (nSPS) is 16.6. The van der Waals surface area contributed by atoms with Crippen LogP contribution >= 0.6 is 0 Å². The first kappa shape index (κ1) is 17.8. The fourth-order valence-electron chi connectivity index (χ4n) is 2.86. The molecular weight excluding hydrogens is 337 g/mol. The number of rotatable bonds is 6. The van der Waals surface area contributed by atoms with Gasteiger partial charge >= 0.3 is 5.97 Å². The summed E-state index contributed by atoms with van der Waals surface area (Å²) in [5, 5.41) is 0. The molecule has 0 N–H and O–H groups in total. The number of hydrogen-bond donors (Lipinski definition) is 0. The van der Waals surface area contributed by atoms with Crippen molar-refractivity contribution in [1.82, 2.24) is 4.90 Å². The number of amides is 1. The van der Waals surface area contributed by atoms with Gasteiger partial charge in [0.25, 0.3) is 0 Å². The van der Waals surface area contributed by atoms with E-state index in [-0.39, 0.29) is 24.4 Å². The Morgan fingerprint density at radius 2 is 1.77 bits per heavy atom. The van der Waals surface area contributed by atoms with Gasteiger partial charge in [0.15, 0.2) is 12.4 Å². The lowest BCUT2D eigenvalue weighted by atomic mass is 10.1. The minimum atomic E-state index is -0.577. The molecule has 1 heterocycles. The number of ketones is 1. The van der Waals surface area contributed by atoms with Crippen molar-refractivity contribution in [3.05, 3.63) is 71.5 Å². The molecule has 0 aromatic heterocycles. The van der Waals surface area contributed by atoms with Crippen molar-refractivity contribution in [2.24, 2.45) is 5.92 Å². The number of ether oxygens (including phenoxy) is 1. The summed E-state index contributed by atoms with van der Waals surface area (Å²) in [6, 6.07) is 14.5. The molecule has 0 spiro atoms. The Hall–Kier alpha value is -3.02. The van der Waals surface area contributed by atoms with Crippen molar-refractivity contribution >= 4 is 17.7 Å². The van der Waals surface area contributed by atoms with Crippen LogP contribution in [-0.2, 0) is 20.9 Å². The summed E-state index contributed by atoms with van der Waals surface area (Å²) in [5.41, 5.74) is 1.26. The van der Waals surface area contributed by atoms with E-state index in [9.17, 15) is 18.8 Å². The van der Waals surface area contributed by atoms with Gasteiger partial charge in [-0.15, -0.1) is 0 Å². The number of nitrogens with zero attached hydrogens (tertiary/aromatic N) is 1. The highest BCUT2D eigenvalue weighted by molar-refractivity contribution is 5.98. The second-order valence-electron chi connectivity index (χ2n) is 6.20. The molecular formula is C20H18FNO4. The van der Waals surface area contributed by atoms with Crippen molar-refractivity contribution in [3.63, 3.8) is 0 Å². The second kappa shape index (κ2) is 7.91. The maximum atomic E-state index is 12.9. The smallest absolute Gasteiger partial charge is 0.311 e. The fraction of sp³-hybridized carbons (Fsp3) is 0.250. The third kappa shape index (κ3) is 4.33. The van der Waals surface area contributed by atoms with Crippen LogP contribution in [0.4, 0.5) is 4.39 Å². The lowest BCUT2D eigenvalue weighted by Gasteiger charge is -2.16. The van der Waals surface area contributed by atoms with Gasteiger partial charge in [0.2, 0.25) is 5.91 Å². The highest BCUT2D eigenvalue weighted by Gasteiger charge is 2.35. The highest BCUT2D eigenvalue weighted by Crippen LogP contribution is 2.21. The number of carbonyl (C=O) groups excluding carboxylic acids is 3. The standard InChI is InChI=1S/C20H18FNO4/c21-17-8-6-15(7-9-17)18(23)13-26-20(25)16-10-19(24)22(12-16)11-14-4-2-1-3-5-14/h1-9,16H,10-13H2/t16-/m0/s1. The molecule has 0 radical (unpaired) electrons. The number of benzene rings is 2. The van der Waals surface area contributed by atoms with E-state index in [4.69, 9.17) is 4.74 Å². The molecule has 0 saturated carbocycles. The summed E-state index contributed by atoms with van der Waals surface area (Å²) in [7, 11) is 0. The van der Waals surface area contributed by atoms with E-state index in [1.165, 1.54) is 24.3 Å². The average molecular weight is 355 g/mol. The van der Waals surface area contributed by atoms with Gasteiger partial charge in [-0.25, -0.2) is 4.39 Å². The van der Waals surface area contributed by atoms with Gasteiger partial charge in [0.1, 0.15) is 5.82 Å². The maximum absolute atomic E-state index is 12.9. The monoisotopic (exact) mass is 355 g/mol. The quantitative estimate of drug-likeness (QED) is 0.590. The Morgan fingerprint density at radius 3 is 2.46 bits per heavy atom. The summed E-state index contributed by atoms with van der Waals surface area (Å²) in [6.07, 6.45) is 0.0798. The summed E-state index contributed by atoms with van der Waals surface area (Å²) >= 11 is 0. The Labute approximate surface area is 150 Å². The van der Waals surface area contributed by atoms with Gasteiger partial charge in [0, 0.05) is 25.1 Å². The van der Waals surface area contributed by atoms with Crippen molar-refractivity contribution in [2.45, 2.75) is 13.0 Å². The van der Waals surface area contributed by atoms with Gasteiger partial charge < -0.3 is 9.64 Å². The Morgan fingerprint density at radius 1 is 1.08 bits per heavy atom. The number of likely N-dealkylation sites (tertiary alicyclic amines) is 1. The molecule has 2 aromatic carbocycles. The molecule has 0 aliphatic carbocycles. The van der Waals surface area contributed by atoms with E-state index in [1.54, 1.807) is 4.90 Å². The second-order valence-corrected chi connectivity index (χ2v) is 6.20. The molecule has 0 unspecified atom stereocenters. The first-order chi connectivity index (χ1) is 12.5. The molecule has 0 bridgehead atoms. The Balaban J connectivity index is 1.51. The lowest BCUT2D eigenvalue weighted by Crippen LogP contribution is -2.27. The van der Waals surface area contributed by atoms with Crippen molar-refractivity contribution in [2.75, 3.05) is 13.2 Å². The number of halogens is 1. The van der Waals surface area contributed by atoms with Crippen LogP contribution in [0.15, 0.2) is 54.6 Å². The molecule has 1 amide bonds.